The molecule has 6 nitrogen and oxygen atoms in total. The number of ether oxygens (including phenoxy) is 1. The summed E-state index contributed by atoms with van der Waals surface area (Å²) in [5, 5.41) is 4.83. The zero-order valence-electron chi connectivity index (χ0n) is 14.3. The van der Waals surface area contributed by atoms with Crippen molar-refractivity contribution in [1.82, 2.24) is 14.5 Å². The summed E-state index contributed by atoms with van der Waals surface area (Å²) < 4.78 is 7.60. The minimum Gasteiger partial charge on any atom is -0.487 e. The topological polar surface area (TPSA) is 69.0 Å². The van der Waals surface area contributed by atoms with E-state index in [9.17, 15) is 4.79 Å². The number of benzene rings is 2. The van der Waals surface area contributed by atoms with Crippen LogP contribution in [0.25, 0.3) is 5.69 Å². The highest BCUT2D eigenvalue weighted by Gasteiger charge is 2.08. The molecule has 4 rings (SSSR count). The van der Waals surface area contributed by atoms with E-state index in [1.807, 2.05) is 46.5 Å². The summed E-state index contributed by atoms with van der Waals surface area (Å²) in [5.74, 6) is 0.440. The van der Waals surface area contributed by atoms with E-state index in [-0.39, 0.29) is 5.91 Å². The lowest BCUT2D eigenvalue weighted by atomic mass is 10.2. The summed E-state index contributed by atoms with van der Waals surface area (Å²) in [7, 11) is 0. The van der Waals surface area contributed by atoms with Crippen LogP contribution in [-0.2, 0) is 6.61 Å². The van der Waals surface area contributed by atoms with E-state index in [0.717, 1.165) is 17.1 Å². The highest BCUT2D eigenvalue weighted by Crippen LogP contribution is 2.18. The Balaban J connectivity index is 1.41. The molecule has 2 heterocycles. The minimum atomic E-state index is -0.190. The molecule has 27 heavy (non-hydrogen) atoms. The highest BCUT2D eigenvalue weighted by atomic mass is 32.1. The van der Waals surface area contributed by atoms with Crippen molar-refractivity contribution in [2.45, 2.75) is 6.61 Å². The SMILES string of the molecule is O=C(Nc1ccc(-n2ccnc2)cc1)c1cccc(OCc2cscn2)c1. The minimum absolute atomic E-state index is 0.190. The van der Waals surface area contributed by atoms with Gasteiger partial charge in [-0.2, -0.15) is 0 Å². The van der Waals surface area contributed by atoms with Crippen LogP contribution >= 0.6 is 11.3 Å². The number of aromatic nitrogens is 3. The first-order valence-corrected chi connectivity index (χ1v) is 9.22. The fourth-order valence-electron chi connectivity index (χ4n) is 2.53. The monoisotopic (exact) mass is 376 g/mol. The van der Waals surface area contributed by atoms with Gasteiger partial charge in [0.05, 0.1) is 17.5 Å². The molecular weight excluding hydrogens is 360 g/mol. The first-order valence-electron chi connectivity index (χ1n) is 8.27. The highest BCUT2D eigenvalue weighted by molar-refractivity contribution is 7.07. The number of carbonyl (C=O) groups excluding carboxylic acids is 1. The molecule has 1 amide bonds. The van der Waals surface area contributed by atoms with E-state index >= 15 is 0 Å². The van der Waals surface area contributed by atoms with Gasteiger partial charge in [0.1, 0.15) is 12.4 Å². The van der Waals surface area contributed by atoms with Crippen LogP contribution in [0, 0.1) is 0 Å². The molecule has 7 heteroatoms. The fourth-order valence-corrected chi connectivity index (χ4v) is 3.07. The van der Waals surface area contributed by atoms with Crippen molar-refractivity contribution in [3.05, 3.63) is 89.4 Å². The third-order valence-corrected chi connectivity index (χ3v) is 4.53. The summed E-state index contributed by atoms with van der Waals surface area (Å²) in [6, 6.07) is 14.7. The summed E-state index contributed by atoms with van der Waals surface area (Å²) in [6.45, 7) is 0.379. The number of amides is 1. The maximum Gasteiger partial charge on any atom is 0.255 e. The second kappa shape index (κ2) is 7.84. The van der Waals surface area contributed by atoms with Crippen molar-refractivity contribution in [2.75, 3.05) is 5.32 Å². The summed E-state index contributed by atoms with van der Waals surface area (Å²) in [5.41, 5.74) is 4.86. The Kier molecular flexibility index (Phi) is 4.93. The van der Waals surface area contributed by atoms with Crippen LogP contribution in [0.5, 0.6) is 5.75 Å². The second-order valence-corrected chi connectivity index (χ2v) is 6.49. The van der Waals surface area contributed by atoms with Gasteiger partial charge in [0, 0.05) is 34.7 Å². The molecule has 2 aromatic heterocycles. The van der Waals surface area contributed by atoms with Gasteiger partial charge in [0.15, 0.2) is 0 Å². The van der Waals surface area contributed by atoms with Crippen molar-refractivity contribution in [3.8, 4) is 11.4 Å². The van der Waals surface area contributed by atoms with Gasteiger partial charge in [-0.15, -0.1) is 11.3 Å². The van der Waals surface area contributed by atoms with E-state index in [1.165, 1.54) is 11.3 Å². The van der Waals surface area contributed by atoms with Crippen molar-refractivity contribution < 1.29 is 9.53 Å². The maximum absolute atomic E-state index is 12.5. The van der Waals surface area contributed by atoms with Gasteiger partial charge in [-0.3, -0.25) is 4.79 Å². The Morgan fingerprint density at radius 2 is 2.07 bits per heavy atom. The van der Waals surface area contributed by atoms with Gasteiger partial charge in [0.2, 0.25) is 0 Å². The molecule has 134 valence electrons. The molecular formula is C20H16N4O2S. The van der Waals surface area contributed by atoms with Crippen molar-refractivity contribution in [1.29, 1.82) is 0 Å². The molecule has 0 unspecified atom stereocenters. The number of imidazole rings is 1. The number of nitrogens with zero attached hydrogens (tertiary/aromatic N) is 3. The van der Waals surface area contributed by atoms with Crippen LogP contribution in [0.4, 0.5) is 5.69 Å². The average Bonchev–Trinajstić information content (AvgIpc) is 3.41. The van der Waals surface area contributed by atoms with Crippen LogP contribution in [0.1, 0.15) is 16.1 Å². The molecule has 0 atom stereocenters. The molecule has 1 N–H and O–H groups in total. The van der Waals surface area contributed by atoms with E-state index in [1.54, 1.807) is 36.2 Å². The predicted octanol–water partition coefficient (Wildman–Crippen LogP) is 4.16. The molecule has 0 aliphatic carbocycles. The molecule has 4 aromatic rings. The van der Waals surface area contributed by atoms with Crippen molar-refractivity contribution >= 4 is 22.9 Å². The Morgan fingerprint density at radius 1 is 1.19 bits per heavy atom. The lowest BCUT2D eigenvalue weighted by Gasteiger charge is -2.09. The lowest BCUT2D eigenvalue weighted by molar-refractivity contribution is 0.102. The standard InChI is InChI=1S/C20H16N4O2S/c25-20(23-16-4-6-18(7-5-16)24-9-8-21-13-24)15-2-1-3-19(10-15)26-11-17-12-27-14-22-17/h1-10,12-14H,11H2,(H,23,25). The van der Waals surface area contributed by atoms with Crippen LogP contribution in [0.3, 0.4) is 0 Å². The normalized spacial score (nSPS) is 10.5. The van der Waals surface area contributed by atoms with Gasteiger partial charge in [-0.1, -0.05) is 6.07 Å². The van der Waals surface area contributed by atoms with E-state index < -0.39 is 0 Å². The Hall–Kier alpha value is -3.45. The first kappa shape index (κ1) is 17.0. The molecule has 2 aromatic carbocycles. The first-order chi connectivity index (χ1) is 13.3. The molecule has 0 aliphatic rings. The summed E-state index contributed by atoms with van der Waals surface area (Å²) >= 11 is 1.52. The number of rotatable bonds is 6. The molecule has 0 saturated heterocycles. The third kappa shape index (κ3) is 4.21. The lowest BCUT2D eigenvalue weighted by Crippen LogP contribution is -2.12. The number of nitrogens with one attached hydrogen (secondary N) is 1. The predicted molar refractivity (Wildman–Crippen MR) is 104 cm³/mol. The molecule has 0 spiro atoms. The summed E-state index contributed by atoms with van der Waals surface area (Å²) in [6.07, 6.45) is 5.31. The smallest absolute Gasteiger partial charge is 0.255 e. The van der Waals surface area contributed by atoms with Gasteiger partial charge in [-0.25, -0.2) is 9.97 Å². The van der Waals surface area contributed by atoms with Crippen LogP contribution in [0.15, 0.2) is 78.1 Å². The molecule has 0 bridgehead atoms. The number of carbonyl (C=O) groups is 1. The van der Waals surface area contributed by atoms with Gasteiger partial charge in [0.25, 0.3) is 5.91 Å². The molecule has 0 fully saturated rings. The van der Waals surface area contributed by atoms with E-state index in [4.69, 9.17) is 4.74 Å². The van der Waals surface area contributed by atoms with Crippen molar-refractivity contribution in [3.63, 3.8) is 0 Å². The quantitative estimate of drug-likeness (QED) is 0.549. The van der Waals surface area contributed by atoms with Crippen LogP contribution < -0.4 is 10.1 Å². The van der Waals surface area contributed by atoms with E-state index in [2.05, 4.69) is 15.3 Å². The Bertz CT molecular complexity index is 1010. The number of anilines is 1. The zero-order chi connectivity index (χ0) is 18.5. The average molecular weight is 376 g/mol. The number of thiazole rings is 1. The maximum atomic E-state index is 12.5. The second-order valence-electron chi connectivity index (χ2n) is 5.77. The van der Waals surface area contributed by atoms with Crippen LogP contribution in [-0.4, -0.2) is 20.4 Å². The molecule has 0 radical (unpaired) electrons. The molecule has 0 saturated carbocycles. The Morgan fingerprint density at radius 3 is 2.81 bits per heavy atom. The molecule has 0 aliphatic heterocycles. The number of hydrogen-bond acceptors (Lipinski definition) is 5. The Labute approximate surface area is 160 Å². The van der Waals surface area contributed by atoms with Gasteiger partial charge >= 0.3 is 0 Å². The fraction of sp³-hybridized carbons (Fsp3) is 0.0500. The van der Waals surface area contributed by atoms with E-state index in [0.29, 0.717) is 17.9 Å². The van der Waals surface area contributed by atoms with Gasteiger partial charge < -0.3 is 14.6 Å². The largest absolute Gasteiger partial charge is 0.487 e. The van der Waals surface area contributed by atoms with Crippen molar-refractivity contribution in [2.24, 2.45) is 0 Å². The van der Waals surface area contributed by atoms with Gasteiger partial charge in [-0.05, 0) is 42.5 Å². The number of hydrogen-bond donors (Lipinski definition) is 1. The summed E-state index contributed by atoms with van der Waals surface area (Å²) in [4.78, 5) is 20.7. The third-order valence-electron chi connectivity index (χ3n) is 3.89. The zero-order valence-corrected chi connectivity index (χ0v) is 15.1. The van der Waals surface area contributed by atoms with Crippen LogP contribution in [0.2, 0.25) is 0 Å².